The maximum absolute atomic E-state index is 12.6. The summed E-state index contributed by atoms with van der Waals surface area (Å²) in [4.78, 5) is 29.4. The third-order valence-corrected chi connectivity index (χ3v) is 5.83. The van der Waals surface area contributed by atoms with Crippen LogP contribution in [0, 0.1) is 12.8 Å². The van der Waals surface area contributed by atoms with Crippen molar-refractivity contribution in [1.82, 2.24) is 29.3 Å². The molecule has 0 aliphatic carbocycles. The van der Waals surface area contributed by atoms with Crippen LogP contribution >= 0.6 is 11.6 Å². The van der Waals surface area contributed by atoms with E-state index in [1.165, 1.54) is 27.8 Å². The van der Waals surface area contributed by atoms with Crippen LogP contribution in [0.15, 0.2) is 49.1 Å². The van der Waals surface area contributed by atoms with E-state index in [9.17, 15) is 18.4 Å². The summed E-state index contributed by atoms with van der Waals surface area (Å²) in [6.45, 7) is 4.27. The molecule has 12 heteroatoms. The number of fused-ring (bicyclic) bond motifs is 1. The van der Waals surface area contributed by atoms with Crippen molar-refractivity contribution in [3.63, 3.8) is 0 Å². The number of hydrogen-bond donors (Lipinski definition) is 0. The van der Waals surface area contributed by atoms with Crippen molar-refractivity contribution < 1.29 is 23.1 Å². The third kappa shape index (κ3) is 6.52. The zero-order valence-electron chi connectivity index (χ0n) is 21.9. The molecule has 1 amide bonds. The predicted octanol–water partition coefficient (Wildman–Crippen LogP) is 5.33. The number of alkyl halides is 2. The second-order valence-corrected chi connectivity index (χ2v) is 9.47. The molecule has 0 fully saturated rings. The van der Waals surface area contributed by atoms with Gasteiger partial charge in [-0.15, -0.1) is 0 Å². The fraction of sp³-hybridized carbons (Fsp3) is 0.346. The standard InChI is InChI=1S/C16H18ClF2N3O2.C10H11N3O/c1-9-8-22(10(2)15(23)21(3)4)20-14(9)12-7-11(17)5-6-13(12)24-16(18)19;1-7(2)9(14)8-6-12-13-5-3-4-11-10(8)13/h5-8,10,16H,1-4H3;3-7H,1-2H3. The van der Waals surface area contributed by atoms with Crippen LogP contribution in [0.5, 0.6) is 5.75 Å². The van der Waals surface area contributed by atoms with Gasteiger partial charge in [0, 0.05) is 49.2 Å². The number of likely N-dealkylation sites (N-methyl/N-ethyl adjacent to an activating group) is 1. The van der Waals surface area contributed by atoms with E-state index in [4.69, 9.17) is 11.6 Å². The van der Waals surface area contributed by atoms with Crippen LogP contribution in [0.3, 0.4) is 0 Å². The van der Waals surface area contributed by atoms with E-state index in [-0.39, 0.29) is 23.4 Å². The summed E-state index contributed by atoms with van der Waals surface area (Å²) < 4.78 is 32.9. The molecule has 38 heavy (non-hydrogen) atoms. The zero-order chi connectivity index (χ0) is 28.1. The van der Waals surface area contributed by atoms with Crippen LogP contribution < -0.4 is 4.74 Å². The molecule has 4 rings (SSSR count). The summed E-state index contributed by atoms with van der Waals surface area (Å²) in [6, 6.07) is 5.61. The second kappa shape index (κ2) is 12.1. The molecule has 0 radical (unpaired) electrons. The number of ether oxygens (including phenoxy) is 1. The second-order valence-electron chi connectivity index (χ2n) is 9.03. The first-order valence-electron chi connectivity index (χ1n) is 11.7. The van der Waals surface area contributed by atoms with Gasteiger partial charge in [0.25, 0.3) is 0 Å². The molecule has 0 spiro atoms. The van der Waals surface area contributed by atoms with E-state index >= 15 is 0 Å². The Kier molecular flexibility index (Phi) is 9.16. The fourth-order valence-corrected chi connectivity index (χ4v) is 3.80. The number of benzene rings is 1. The van der Waals surface area contributed by atoms with Crippen molar-refractivity contribution in [2.24, 2.45) is 5.92 Å². The fourth-order valence-electron chi connectivity index (χ4n) is 3.63. The maximum Gasteiger partial charge on any atom is 0.387 e. The van der Waals surface area contributed by atoms with Gasteiger partial charge in [-0.05, 0) is 43.7 Å². The molecule has 3 aromatic heterocycles. The van der Waals surface area contributed by atoms with Crippen LogP contribution in [0.1, 0.15) is 42.7 Å². The summed E-state index contributed by atoms with van der Waals surface area (Å²) in [5.74, 6) is -0.0859. The number of aryl methyl sites for hydroxylation is 1. The lowest BCUT2D eigenvalue weighted by molar-refractivity contribution is -0.131. The first-order chi connectivity index (χ1) is 17.9. The summed E-state index contributed by atoms with van der Waals surface area (Å²) >= 11 is 5.98. The quantitative estimate of drug-likeness (QED) is 0.291. The van der Waals surface area contributed by atoms with Crippen molar-refractivity contribution in [2.45, 2.75) is 40.3 Å². The van der Waals surface area contributed by atoms with Gasteiger partial charge in [-0.25, -0.2) is 9.50 Å². The molecule has 3 heterocycles. The molecule has 9 nitrogen and oxygen atoms in total. The minimum atomic E-state index is -2.96. The molecule has 0 bridgehead atoms. The van der Waals surface area contributed by atoms with Crippen LogP contribution in [-0.2, 0) is 4.79 Å². The van der Waals surface area contributed by atoms with Crippen molar-refractivity contribution in [2.75, 3.05) is 14.1 Å². The molecule has 202 valence electrons. The van der Waals surface area contributed by atoms with Crippen LogP contribution in [0.25, 0.3) is 16.9 Å². The van der Waals surface area contributed by atoms with Gasteiger partial charge in [0.2, 0.25) is 5.91 Å². The summed E-state index contributed by atoms with van der Waals surface area (Å²) in [5, 5.41) is 8.81. The van der Waals surface area contributed by atoms with E-state index < -0.39 is 12.7 Å². The predicted molar refractivity (Wildman–Crippen MR) is 140 cm³/mol. The highest BCUT2D eigenvalue weighted by Gasteiger charge is 2.22. The molecule has 4 aromatic rings. The SMILES string of the molecule is CC(C)C(=O)c1cnn2cccnc12.Cc1cn(C(C)C(=O)N(C)C)nc1-c1cc(Cl)ccc1OC(F)F. The van der Waals surface area contributed by atoms with E-state index in [0.717, 1.165) is 5.56 Å². The smallest absolute Gasteiger partial charge is 0.387 e. The number of halogens is 3. The number of Topliss-reactive ketones (excluding diaryl/α,β-unsaturated/α-hetero) is 1. The summed E-state index contributed by atoms with van der Waals surface area (Å²) in [5.41, 5.74) is 2.73. The summed E-state index contributed by atoms with van der Waals surface area (Å²) in [6.07, 6.45) is 6.70. The summed E-state index contributed by atoms with van der Waals surface area (Å²) in [7, 11) is 3.31. The lowest BCUT2D eigenvalue weighted by Crippen LogP contribution is -2.30. The Bertz CT molecular complexity index is 1430. The van der Waals surface area contributed by atoms with Gasteiger partial charge in [0.15, 0.2) is 11.4 Å². The number of hydrogen-bond acceptors (Lipinski definition) is 6. The number of amides is 1. The van der Waals surface area contributed by atoms with Crippen LogP contribution in [0.4, 0.5) is 8.78 Å². The largest absolute Gasteiger partial charge is 0.434 e. The lowest BCUT2D eigenvalue weighted by atomic mass is 10.0. The number of carbonyl (C=O) groups is 2. The van der Waals surface area contributed by atoms with Crippen molar-refractivity contribution in [1.29, 1.82) is 0 Å². The number of nitrogens with zero attached hydrogens (tertiary/aromatic N) is 6. The van der Waals surface area contributed by atoms with Gasteiger partial charge in [-0.3, -0.25) is 14.3 Å². The molecular formula is C26H29ClF2N6O3. The molecule has 1 atom stereocenters. The lowest BCUT2D eigenvalue weighted by Gasteiger charge is -2.17. The van der Waals surface area contributed by atoms with Gasteiger partial charge >= 0.3 is 6.61 Å². The number of aromatic nitrogens is 5. The highest BCUT2D eigenvalue weighted by molar-refractivity contribution is 6.31. The maximum atomic E-state index is 12.6. The minimum absolute atomic E-state index is 0.0191. The van der Waals surface area contributed by atoms with Gasteiger partial charge < -0.3 is 9.64 Å². The minimum Gasteiger partial charge on any atom is -0.434 e. The van der Waals surface area contributed by atoms with E-state index in [2.05, 4.69) is 19.9 Å². The number of ketones is 1. The topological polar surface area (TPSA) is 94.6 Å². The van der Waals surface area contributed by atoms with Gasteiger partial charge in [-0.1, -0.05) is 25.4 Å². The molecule has 0 aliphatic rings. The third-order valence-electron chi connectivity index (χ3n) is 5.59. The van der Waals surface area contributed by atoms with Crippen molar-refractivity contribution in [3.05, 3.63) is 65.2 Å². The molecule has 0 saturated heterocycles. The Morgan fingerprint density at radius 3 is 2.50 bits per heavy atom. The van der Waals surface area contributed by atoms with Gasteiger partial charge in [0.05, 0.1) is 17.5 Å². The average Bonchev–Trinajstić information content (AvgIpc) is 3.47. The Balaban J connectivity index is 0.000000241. The molecule has 0 N–H and O–H groups in total. The van der Waals surface area contributed by atoms with Gasteiger partial charge in [-0.2, -0.15) is 19.0 Å². The van der Waals surface area contributed by atoms with Gasteiger partial charge in [0.1, 0.15) is 11.8 Å². The Morgan fingerprint density at radius 1 is 1.16 bits per heavy atom. The Hall–Kier alpha value is -3.86. The van der Waals surface area contributed by atoms with E-state index in [0.29, 0.717) is 27.5 Å². The molecule has 1 unspecified atom stereocenters. The average molecular weight is 547 g/mol. The van der Waals surface area contributed by atoms with Crippen LogP contribution in [-0.4, -0.2) is 61.7 Å². The molecular weight excluding hydrogens is 518 g/mol. The number of rotatable bonds is 7. The van der Waals surface area contributed by atoms with Crippen LogP contribution in [0.2, 0.25) is 5.02 Å². The van der Waals surface area contributed by atoms with E-state index in [1.54, 1.807) is 63.3 Å². The Morgan fingerprint density at radius 2 is 1.87 bits per heavy atom. The monoisotopic (exact) mass is 546 g/mol. The molecule has 1 aromatic carbocycles. The zero-order valence-corrected chi connectivity index (χ0v) is 22.6. The van der Waals surface area contributed by atoms with E-state index in [1.807, 2.05) is 13.8 Å². The van der Waals surface area contributed by atoms with Crippen molar-refractivity contribution >= 4 is 28.9 Å². The first kappa shape index (κ1) is 28.7. The molecule has 0 aliphatic heterocycles. The highest BCUT2D eigenvalue weighted by atomic mass is 35.5. The number of carbonyl (C=O) groups excluding carboxylic acids is 2. The normalized spacial score (nSPS) is 11.9. The Labute approximate surface area is 224 Å². The molecule has 0 saturated carbocycles. The first-order valence-corrected chi connectivity index (χ1v) is 12.1. The van der Waals surface area contributed by atoms with Crippen molar-refractivity contribution in [3.8, 4) is 17.0 Å². The highest BCUT2D eigenvalue weighted by Crippen LogP contribution is 2.35.